The number of aromatic amines is 1. The zero-order valence-corrected chi connectivity index (χ0v) is 12.0. The number of hydrogen-bond acceptors (Lipinski definition) is 1. The van der Waals surface area contributed by atoms with E-state index in [9.17, 15) is 0 Å². The highest BCUT2D eigenvalue weighted by molar-refractivity contribution is 5.79. The van der Waals surface area contributed by atoms with Gasteiger partial charge >= 0.3 is 0 Å². The van der Waals surface area contributed by atoms with E-state index in [-0.39, 0.29) is 0 Å². The van der Waals surface area contributed by atoms with Crippen molar-refractivity contribution in [3.05, 3.63) is 71.4 Å². The molecule has 2 heteroatoms. The van der Waals surface area contributed by atoms with Crippen molar-refractivity contribution in [2.45, 2.75) is 26.4 Å². The molecule has 0 saturated carbocycles. The average Bonchev–Trinajstić information content (AvgIpc) is 2.93. The highest BCUT2D eigenvalue weighted by Crippen LogP contribution is 2.17. The number of aromatic nitrogens is 1. The molecule has 0 bridgehead atoms. The monoisotopic (exact) mass is 264 g/mol. The smallest absolute Gasteiger partial charge is 0.0454 e. The lowest BCUT2D eigenvalue weighted by Crippen LogP contribution is -2.17. The molecule has 0 aliphatic heterocycles. The molecule has 0 radical (unpaired) electrons. The van der Waals surface area contributed by atoms with E-state index >= 15 is 0 Å². The number of aryl methyl sites for hydroxylation is 1. The normalized spacial score (nSPS) is 12.7. The average molecular weight is 264 g/mol. The third kappa shape index (κ3) is 2.75. The van der Waals surface area contributed by atoms with E-state index in [1.165, 1.54) is 27.6 Å². The summed E-state index contributed by atoms with van der Waals surface area (Å²) >= 11 is 0. The van der Waals surface area contributed by atoms with Gasteiger partial charge in [0.15, 0.2) is 0 Å². The van der Waals surface area contributed by atoms with Crippen LogP contribution in [-0.4, -0.2) is 4.98 Å². The molecular formula is C18H20N2. The zero-order chi connectivity index (χ0) is 13.9. The molecule has 0 aliphatic rings. The molecule has 0 aliphatic carbocycles. The first-order valence-electron chi connectivity index (χ1n) is 7.08. The second kappa shape index (κ2) is 5.51. The summed E-state index contributed by atoms with van der Waals surface area (Å²) in [6.07, 6.45) is 1.98. The minimum atomic E-state index is 0.359. The summed E-state index contributed by atoms with van der Waals surface area (Å²) in [7, 11) is 0. The summed E-state index contributed by atoms with van der Waals surface area (Å²) in [5.74, 6) is 0. The van der Waals surface area contributed by atoms with Crippen LogP contribution < -0.4 is 5.32 Å². The van der Waals surface area contributed by atoms with E-state index in [1.54, 1.807) is 0 Å². The van der Waals surface area contributed by atoms with Crippen LogP contribution in [0.2, 0.25) is 0 Å². The Hall–Kier alpha value is -2.06. The van der Waals surface area contributed by atoms with Crippen molar-refractivity contribution < 1.29 is 0 Å². The Balaban J connectivity index is 1.67. The summed E-state index contributed by atoms with van der Waals surface area (Å²) in [6.45, 7) is 5.21. The summed E-state index contributed by atoms with van der Waals surface area (Å²) in [4.78, 5) is 3.22. The van der Waals surface area contributed by atoms with E-state index < -0.39 is 0 Å². The molecular weight excluding hydrogens is 244 g/mol. The fraction of sp³-hybridized carbons (Fsp3) is 0.222. The van der Waals surface area contributed by atoms with Gasteiger partial charge in [-0.15, -0.1) is 0 Å². The summed E-state index contributed by atoms with van der Waals surface area (Å²) in [6, 6.07) is 17.8. The molecule has 1 heterocycles. The lowest BCUT2D eigenvalue weighted by Gasteiger charge is -2.14. The van der Waals surface area contributed by atoms with Gasteiger partial charge in [-0.2, -0.15) is 0 Å². The third-order valence-electron chi connectivity index (χ3n) is 3.81. The molecule has 0 fully saturated rings. The van der Waals surface area contributed by atoms with Gasteiger partial charge in [-0.05, 0) is 48.6 Å². The fourth-order valence-corrected chi connectivity index (χ4v) is 2.46. The molecule has 1 aromatic heterocycles. The summed E-state index contributed by atoms with van der Waals surface area (Å²) < 4.78 is 0. The topological polar surface area (TPSA) is 27.8 Å². The van der Waals surface area contributed by atoms with Gasteiger partial charge in [0.1, 0.15) is 0 Å². The van der Waals surface area contributed by atoms with Gasteiger partial charge in [0, 0.05) is 24.3 Å². The summed E-state index contributed by atoms with van der Waals surface area (Å²) in [5, 5.41) is 4.85. The predicted octanol–water partition coefficient (Wildman–Crippen LogP) is 4.33. The van der Waals surface area contributed by atoms with E-state index in [4.69, 9.17) is 0 Å². The molecule has 102 valence electrons. The second-order valence-corrected chi connectivity index (χ2v) is 5.41. The van der Waals surface area contributed by atoms with Crippen LogP contribution in [0.4, 0.5) is 0 Å². The van der Waals surface area contributed by atoms with Crippen LogP contribution in [0.5, 0.6) is 0 Å². The first kappa shape index (κ1) is 12.9. The van der Waals surface area contributed by atoms with Gasteiger partial charge < -0.3 is 10.3 Å². The van der Waals surface area contributed by atoms with Crippen LogP contribution in [0.15, 0.2) is 54.7 Å². The molecule has 20 heavy (non-hydrogen) atoms. The van der Waals surface area contributed by atoms with E-state index in [0.717, 1.165) is 6.54 Å². The molecule has 0 amide bonds. The Labute approximate surface area is 119 Å². The molecule has 1 atom stereocenters. The van der Waals surface area contributed by atoms with Crippen molar-refractivity contribution >= 4 is 10.9 Å². The largest absolute Gasteiger partial charge is 0.361 e. The van der Waals surface area contributed by atoms with E-state index in [2.05, 4.69) is 72.7 Å². The second-order valence-electron chi connectivity index (χ2n) is 5.41. The van der Waals surface area contributed by atoms with Gasteiger partial charge in [0.25, 0.3) is 0 Å². The van der Waals surface area contributed by atoms with Crippen LogP contribution in [0.25, 0.3) is 10.9 Å². The van der Waals surface area contributed by atoms with E-state index in [0.29, 0.717) is 6.04 Å². The maximum Gasteiger partial charge on any atom is 0.0454 e. The lowest BCUT2D eigenvalue weighted by molar-refractivity contribution is 0.575. The van der Waals surface area contributed by atoms with E-state index in [1.807, 2.05) is 6.20 Å². The van der Waals surface area contributed by atoms with Crippen molar-refractivity contribution in [1.29, 1.82) is 0 Å². The van der Waals surface area contributed by atoms with Gasteiger partial charge in [0.05, 0.1) is 0 Å². The Bertz CT molecular complexity index is 695. The van der Waals surface area contributed by atoms with Gasteiger partial charge in [-0.3, -0.25) is 0 Å². The van der Waals surface area contributed by atoms with Crippen LogP contribution in [0.1, 0.15) is 29.7 Å². The Morgan fingerprint density at radius 2 is 1.85 bits per heavy atom. The number of benzene rings is 2. The third-order valence-corrected chi connectivity index (χ3v) is 3.81. The number of hydrogen-bond donors (Lipinski definition) is 2. The first-order valence-corrected chi connectivity index (χ1v) is 7.08. The van der Waals surface area contributed by atoms with Crippen molar-refractivity contribution in [2.75, 3.05) is 0 Å². The molecule has 2 aromatic carbocycles. The standard InChI is InChI=1S/C18H20N2/c1-13-3-6-16(7-4-13)14(2)20-12-15-5-8-18-17(11-15)9-10-19-18/h3-11,14,19-20H,12H2,1-2H3/t14-/m0/s1. The Kier molecular flexibility index (Phi) is 3.57. The number of fused-ring (bicyclic) bond motifs is 1. The Morgan fingerprint density at radius 3 is 2.65 bits per heavy atom. The van der Waals surface area contributed by atoms with Crippen molar-refractivity contribution in [3.63, 3.8) is 0 Å². The van der Waals surface area contributed by atoms with Gasteiger partial charge in [0.2, 0.25) is 0 Å². The van der Waals surface area contributed by atoms with Crippen molar-refractivity contribution in [2.24, 2.45) is 0 Å². The molecule has 0 unspecified atom stereocenters. The van der Waals surface area contributed by atoms with Crippen LogP contribution in [0.3, 0.4) is 0 Å². The molecule has 0 spiro atoms. The van der Waals surface area contributed by atoms with Crippen molar-refractivity contribution in [3.8, 4) is 0 Å². The molecule has 2 nitrogen and oxygen atoms in total. The van der Waals surface area contributed by atoms with Gasteiger partial charge in [-0.25, -0.2) is 0 Å². The number of H-pyrrole nitrogens is 1. The SMILES string of the molecule is Cc1ccc([C@H](C)NCc2ccc3[nH]ccc3c2)cc1. The van der Waals surface area contributed by atoms with Crippen molar-refractivity contribution in [1.82, 2.24) is 10.3 Å². The predicted molar refractivity (Wildman–Crippen MR) is 84.7 cm³/mol. The maximum absolute atomic E-state index is 3.58. The van der Waals surface area contributed by atoms with Crippen LogP contribution >= 0.6 is 0 Å². The molecule has 0 saturated heterocycles. The lowest BCUT2D eigenvalue weighted by atomic mass is 10.1. The zero-order valence-electron chi connectivity index (χ0n) is 12.0. The minimum Gasteiger partial charge on any atom is -0.361 e. The highest BCUT2D eigenvalue weighted by Gasteiger charge is 2.05. The number of nitrogens with one attached hydrogen (secondary N) is 2. The minimum absolute atomic E-state index is 0.359. The fourth-order valence-electron chi connectivity index (χ4n) is 2.46. The molecule has 3 aromatic rings. The first-order chi connectivity index (χ1) is 9.72. The number of rotatable bonds is 4. The maximum atomic E-state index is 3.58. The summed E-state index contributed by atoms with van der Waals surface area (Å²) in [5.41, 5.74) is 5.15. The molecule has 2 N–H and O–H groups in total. The highest BCUT2D eigenvalue weighted by atomic mass is 14.9. The molecule has 3 rings (SSSR count). The Morgan fingerprint density at radius 1 is 1.05 bits per heavy atom. The van der Waals surface area contributed by atoms with Gasteiger partial charge in [-0.1, -0.05) is 35.9 Å². The quantitative estimate of drug-likeness (QED) is 0.721. The van der Waals surface area contributed by atoms with Crippen LogP contribution in [0, 0.1) is 6.92 Å². The van der Waals surface area contributed by atoms with Crippen LogP contribution in [-0.2, 0) is 6.54 Å².